The minimum absolute atomic E-state index is 0.0319. The molecule has 0 aliphatic rings. The standard InChI is InChI=1S/C17H21FN4O3S/c1-24-9-7-21(8-10-25-2)14(12-5-3-4-6-13(12)18)15-16(23)22-17(26-15)19-11-20-22/h3-6,11,14,23H,7-10H2,1-2H3. The van der Waals surface area contributed by atoms with E-state index >= 15 is 0 Å². The molecule has 2 aromatic heterocycles. The Labute approximate surface area is 154 Å². The fourth-order valence-electron chi connectivity index (χ4n) is 2.86. The number of nitrogens with zero attached hydrogens (tertiary/aromatic N) is 4. The number of methoxy groups -OCH3 is 2. The number of benzene rings is 1. The van der Waals surface area contributed by atoms with Crippen molar-refractivity contribution in [3.05, 3.63) is 46.9 Å². The van der Waals surface area contributed by atoms with E-state index in [4.69, 9.17) is 9.47 Å². The number of rotatable bonds is 9. The summed E-state index contributed by atoms with van der Waals surface area (Å²) in [7, 11) is 3.24. The Bertz CT molecular complexity index is 846. The van der Waals surface area contributed by atoms with Gasteiger partial charge in [-0.25, -0.2) is 9.37 Å². The van der Waals surface area contributed by atoms with Gasteiger partial charge in [0.15, 0.2) is 0 Å². The maximum Gasteiger partial charge on any atom is 0.230 e. The first-order valence-corrected chi connectivity index (χ1v) is 8.96. The van der Waals surface area contributed by atoms with Crippen LogP contribution >= 0.6 is 11.3 Å². The van der Waals surface area contributed by atoms with E-state index in [1.807, 2.05) is 4.90 Å². The van der Waals surface area contributed by atoms with Gasteiger partial charge in [-0.15, -0.1) is 0 Å². The molecule has 0 aliphatic carbocycles. The maximum atomic E-state index is 14.6. The molecule has 0 bridgehead atoms. The molecule has 0 aliphatic heterocycles. The highest BCUT2D eigenvalue weighted by molar-refractivity contribution is 7.17. The highest BCUT2D eigenvalue weighted by Crippen LogP contribution is 2.40. The third kappa shape index (κ3) is 3.70. The maximum absolute atomic E-state index is 14.6. The number of hydrogen-bond acceptors (Lipinski definition) is 7. The van der Waals surface area contributed by atoms with Crippen LogP contribution in [0.15, 0.2) is 30.6 Å². The number of hydrogen-bond donors (Lipinski definition) is 1. The SMILES string of the molecule is COCCN(CCOC)C(c1ccccc1F)c1sc2ncnn2c1O. The van der Waals surface area contributed by atoms with Crippen molar-refractivity contribution >= 4 is 16.3 Å². The van der Waals surface area contributed by atoms with Gasteiger partial charge < -0.3 is 14.6 Å². The van der Waals surface area contributed by atoms with Gasteiger partial charge in [-0.05, 0) is 6.07 Å². The molecule has 0 saturated carbocycles. The number of thiazole rings is 1. The zero-order chi connectivity index (χ0) is 18.5. The zero-order valence-electron chi connectivity index (χ0n) is 14.6. The normalized spacial score (nSPS) is 12.9. The summed E-state index contributed by atoms with van der Waals surface area (Å²) in [5.41, 5.74) is 0.472. The molecule has 0 amide bonds. The van der Waals surface area contributed by atoms with Crippen LogP contribution in [-0.4, -0.2) is 65.1 Å². The second-order valence-electron chi connectivity index (χ2n) is 5.69. The summed E-state index contributed by atoms with van der Waals surface area (Å²) in [4.78, 5) is 7.29. The fourth-order valence-corrected chi connectivity index (χ4v) is 3.94. The third-order valence-electron chi connectivity index (χ3n) is 4.12. The first kappa shape index (κ1) is 18.7. The first-order chi connectivity index (χ1) is 12.7. The van der Waals surface area contributed by atoms with Gasteiger partial charge in [-0.3, -0.25) is 4.90 Å². The molecule has 3 rings (SSSR count). The highest BCUT2D eigenvalue weighted by atomic mass is 32.1. The van der Waals surface area contributed by atoms with Gasteiger partial charge in [0.1, 0.15) is 12.1 Å². The van der Waals surface area contributed by atoms with Crippen molar-refractivity contribution < 1.29 is 19.0 Å². The molecule has 0 radical (unpaired) electrons. The Hall–Kier alpha value is -2.07. The van der Waals surface area contributed by atoms with Crippen LogP contribution in [0.5, 0.6) is 5.88 Å². The smallest absolute Gasteiger partial charge is 0.230 e. The molecule has 0 fully saturated rings. The van der Waals surface area contributed by atoms with Crippen molar-refractivity contribution in [2.24, 2.45) is 0 Å². The Balaban J connectivity index is 2.09. The molecular weight excluding hydrogens is 359 g/mol. The predicted molar refractivity (Wildman–Crippen MR) is 96.1 cm³/mol. The Kier molecular flexibility index (Phi) is 6.15. The van der Waals surface area contributed by atoms with Gasteiger partial charge in [-0.2, -0.15) is 9.61 Å². The second-order valence-corrected chi connectivity index (χ2v) is 6.70. The molecule has 1 unspecified atom stereocenters. The lowest BCUT2D eigenvalue weighted by molar-refractivity contribution is 0.0964. The summed E-state index contributed by atoms with van der Waals surface area (Å²) in [6, 6.07) is 6.07. The lowest BCUT2D eigenvalue weighted by Crippen LogP contribution is -2.35. The number of aromatic nitrogens is 3. The quantitative estimate of drug-likeness (QED) is 0.614. The number of halogens is 1. The minimum atomic E-state index is -0.505. The van der Waals surface area contributed by atoms with Crippen molar-refractivity contribution in [2.45, 2.75) is 6.04 Å². The molecule has 2 heterocycles. The van der Waals surface area contributed by atoms with Crippen molar-refractivity contribution in [1.82, 2.24) is 19.5 Å². The largest absolute Gasteiger partial charge is 0.492 e. The van der Waals surface area contributed by atoms with Gasteiger partial charge in [0.25, 0.3) is 0 Å². The number of fused-ring (bicyclic) bond motifs is 1. The van der Waals surface area contributed by atoms with Gasteiger partial charge in [0.2, 0.25) is 10.8 Å². The van der Waals surface area contributed by atoms with E-state index in [1.165, 1.54) is 28.2 Å². The summed E-state index contributed by atoms with van der Waals surface area (Å²) >= 11 is 1.29. The Morgan fingerprint density at radius 1 is 1.23 bits per heavy atom. The van der Waals surface area contributed by atoms with E-state index < -0.39 is 6.04 Å². The van der Waals surface area contributed by atoms with Crippen molar-refractivity contribution in [2.75, 3.05) is 40.5 Å². The van der Waals surface area contributed by atoms with Gasteiger partial charge >= 0.3 is 0 Å². The fraction of sp³-hybridized carbons (Fsp3) is 0.412. The molecule has 0 saturated heterocycles. The summed E-state index contributed by atoms with van der Waals surface area (Å²) < 4.78 is 26.4. The van der Waals surface area contributed by atoms with Crippen molar-refractivity contribution in [3.63, 3.8) is 0 Å². The first-order valence-electron chi connectivity index (χ1n) is 8.15. The molecule has 3 aromatic rings. The molecular formula is C17H21FN4O3S. The number of ether oxygens (including phenoxy) is 2. The highest BCUT2D eigenvalue weighted by Gasteiger charge is 2.30. The van der Waals surface area contributed by atoms with Crippen molar-refractivity contribution in [1.29, 1.82) is 0 Å². The van der Waals surface area contributed by atoms with Crippen LogP contribution in [0.3, 0.4) is 0 Å². The molecule has 9 heteroatoms. The number of aromatic hydroxyl groups is 1. The van der Waals surface area contributed by atoms with Crippen molar-refractivity contribution in [3.8, 4) is 5.88 Å². The van der Waals surface area contributed by atoms with Crippen LogP contribution in [-0.2, 0) is 9.47 Å². The van der Waals surface area contributed by atoms with E-state index in [0.717, 1.165) is 0 Å². The zero-order valence-corrected chi connectivity index (χ0v) is 15.4. The average Bonchev–Trinajstić information content (AvgIpc) is 3.22. The lowest BCUT2D eigenvalue weighted by atomic mass is 10.0. The third-order valence-corrected chi connectivity index (χ3v) is 5.20. The molecule has 1 atom stereocenters. The summed E-state index contributed by atoms with van der Waals surface area (Å²) in [6.45, 7) is 2.03. The van der Waals surface area contributed by atoms with Crippen LogP contribution in [0, 0.1) is 5.82 Å². The molecule has 1 N–H and O–H groups in total. The molecule has 26 heavy (non-hydrogen) atoms. The van der Waals surface area contributed by atoms with Crippen LogP contribution in [0.2, 0.25) is 0 Å². The van der Waals surface area contributed by atoms with Gasteiger partial charge in [0, 0.05) is 32.9 Å². The topological polar surface area (TPSA) is 72.1 Å². The molecule has 140 valence electrons. The van der Waals surface area contributed by atoms with Gasteiger partial charge in [0.05, 0.1) is 24.1 Å². The van der Waals surface area contributed by atoms with Crippen LogP contribution < -0.4 is 0 Å². The Morgan fingerprint density at radius 2 is 1.92 bits per heavy atom. The molecule has 7 nitrogen and oxygen atoms in total. The predicted octanol–water partition coefficient (Wildman–Crippen LogP) is 2.32. The minimum Gasteiger partial charge on any atom is -0.492 e. The summed E-state index contributed by atoms with van der Waals surface area (Å²) in [6.07, 6.45) is 1.38. The lowest BCUT2D eigenvalue weighted by Gasteiger charge is -2.31. The van der Waals surface area contributed by atoms with E-state index in [2.05, 4.69) is 10.1 Å². The van der Waals surface area contributed by atoms with E-state index in [-0.39, 0.29) is 11.7 Å². The Morgan fingerprint density at radius 3 is 2.54 bits per heavy atom. The summed E-state index contributed by atoms with van der Waals surface area (Å²) in [5.74, 6) is -0.369. The van der Waals surface area contributed by atoms with Crippen LogP contribution in [0.1, 0.15) is 16.5 Å². The van der Waals surface area contributed by atoms with E-state index in [9.17, 15) is 9.50 Å². The van der Waals surface area contributed by atoms with E-state index in [0.29, 0.717) is 41.7 Å². The molecule has 0 spiro atoms. The summed E-state index contributed by atoms with van der Waals surface area (Å²) in [5, 5.41) is 14.7. The second kappa shape index (κ2) is 8.54. The van der Waals surface area contributed by atoms with Crippen LogP contribution in [0.25, 0.3) is 4.96 Å². The van der Waals surface area contributed by atoms with Gasteiger partial charge in [-0.1, -0.05) is 29.5 Å². The average molecular weight is 380 g/mol. The molecule has 1 aromatic carbocycles. The monoisotopic (exact) mass is 380 g/mol. The van der Waals surface area contributed by atoms with Crippen LogP contribution in [0.4, 0.5) is 4.39 Å². The van der Waals surface area contributed by atoms with E-state index in [1.54, 1.807) is 32.4 Å².